The molecule has 1 aliphatic heterocycles. The van der Waals surface area contributed by atoms with Crippen LogP contribution in [-0.4, -0.2) is 37.1 Å². The summed E-state index contributed by atoms with van der Waals surface area (Å²) in [6.07, 6.45) is 1.76. The Labute approximate surface area is 140 Å². The molecule has 0 aliphatic carbocycles. The molecule has 0 bridgehead atoms. The molecule has 1 aromatic carbocycles. The van der Waals surface area contributed by atoms with Crippen molar-refractivity contribution < 1.29 is 9.53 Å². The number of fused-ring (bicyclic) bond motifs is 1. The highest BCUT2D eigenvalue weighted by Crippen LogP contribution is 2.35. The molecular formula is C17H23N3O2S. The van der Waals surface area contributed by atoms with Gasteiger partial charge in [0, 0.05) is 25.0 Å². The minimum absolute atomic E-state index is 0.123. The van der Waals surface area contributed by atoms with Crippen LogP contribution in [0.5, 0.6) is 5.75 Å². The number of aromatic nitrogens is 1. The number of piperidine rings is 1. The molecule has 1 aromatic heterocycles. The maximum atomic E-state index is 12.1. The van der Waals surface area contributed by atoms with Crippen LogP contribution < -0.4 is 15.0 Å². The lowest BCUT2D eigenvalue weighted by atomic mass is 9.96. The van der Waals surface area contributed by atoms with Gasteiger partial charge in [0.15, 0.2) is 5.13 Å². The van der Waals surface area contributed by atoms with Gasteiger partial charge in [-0.2, -0.15) is 0 Å². The summed E-state index contributed by atoms with van der Waals surface area (Å²) >= 11 is 1.69. The number of rotatable bonds is 4. The van der Waals surface area contributed by atoms with Crippen molar-refractivity contribution in [2.45, 2.75) is 32.7 Å². The van der Waals surface area contributed by atoms with E-state index in [2.05, 4.69) is 16.3 Å². The molecule has 5 nitrogen and oxygen atoms in total. The third kappa shape index (κ3) is 3.42. The zero-order chi connectivity index (χ0) is 16.4. The summed E-state index contributed by atoms with van der Waals surface area (Å²) in [6.45, 7) is 5.75. The highest BCUT2D eigenvalue weighted by Gasteiger charge is 2.26. The average Bonchev–Trinajstić information content (AvgIpc) is 2.98. The summed E-state index contributed by atoms with van der Waals surface area (Å²) in [6, 6.07) is 6.21. The zero-order valence-corrected chi connectivity index (χ0v) is 14.7. The Kier molecular flexibility index (Phi) is 4.71. The number of thiazole rings is 1. The summed E-state index contributed by atoms with van der Waals surface area (Å²) in [5, 5.41) is 4.04. The predicted molar refractivity (Wildman–Crippen MR) is 94.4 cm³/mol. The molecule has 1 saturated heterocycles. The van der Waals surface area contributed by atoms with E-state index >= 15 is 0 Å². The van der Waals surface area contributed by atoms with Crippen LogP contribution in [0.1, 0.15) is 26.7 Å². The SMILES string of the molecule is COc1cccc2sc(N3CCC(C(=O)NC(C)C)CC3)nc12. The smallest absolute Gasteiger partial charge is 0.223 e. The molecule has 1 fully saturated rings. The van der Waals surface area contributed by atoms with Crippen LogP contribution in [-0.2, 0) is 4.79 Å². The molecule has 0 saturated carbocycles. The molecule has 1 amide bonds. The lowest BCUT2D eigenvalue weighted by molar-refractivity contribution is -0.126. The molecule has 0 radical (unpaired) electrons. The quantitative estimate of drug-likeness (QED) is 0.934. The molecular weight excluding hydrogens is 310 g/mol. The second-order valence-corrected chi connectivity index (χ2v) is 7.24. The summed E-state index contributed by atoms with van der Waals surface area (Å²) in [7, 11) is 1.67. The predicted octanol–water partition coefficient (Wildman–Crippen LogP) is 3.05. The zero-order valence-electron chi connectivity index (χ0n) is 13.8. The number of anilines is 1. The largest absolute Gasteiger partial charge is 0.494 e. The highest BCUT2D eigenvalue weighted by molar-refractivity contribution is 7.22. The minimum Gasteiger partial charge on any atom is -0.494 e. The van der Waals surface area contributed by atoms with Gasteiger partial charge < -0.3 is 15.0 Å². The van der Waals surface area contributed by atoms with E-state index in [-0.39, 0.29) is 17.9 Å². The number of amides is 1. The van der Waals surface area contributed by atoms with Gasteiger partial charge in [-0.25, -0.2) is 4.98 Å². The van der Waals surface area contributed by atoms with Gasteiger partial charge in [0.1, 0.15) is 11.3 Å². The maximum Gasteiger partial charge on any atom is 0.223 e. The molecule has 3 rings (SSSR count). The molecule has 23 heavy (non-hydrogen) atoms. The number of methoxy groups -OCH3 is 1. The molecule has 2 heterocycles. The van der Waals surface area contributed by atoms with E-state index < -0.39 is 0 Å². The molecule has 0 atom stereocenters. The van der Waals surface area contributed by atoms with Crippen molar-refractivity contribution in [1.82, 2.24) is 10.3 Å². The number of benzene rings is 1. The van der Waals surface area contributed by atoms with E-state index in [1.54, 1.807) is 18.4 Å². The number of para-hydroxylation sites is 1. The first-order chi connectivity index (χ1) is 11.1. The molecule has 2 aromatic rings. The Balaban J connectivity index is 1.69. The molecule has 1 aliphatic rings. The fourth-order valence-electron chi connectivity index (χ4n) is 2.95. The Hall–Kier alpha value is -1.82. The van der Waals surface area contributed by atoms with E-state index in [0.29, 0.717) is 0 Å². The maximum absolute atomic E-state index is 12.1. The standard InChI is InChI=1S/C17H23N3O2S/c1-11(2)18-16(21)12-7-9-20(10-8-12)17-19-15-13(22-3)5-4-6-14(15)23-17/h4-6,11-12H,7-10H2,1-3H3,(H,18,21). The Morgan fingerprint density at radius 2 is 2.13 bits per heavy atom. The number of carbonyl (C=O) groups excluding carboxylic acids is 1. The second-order valence-electron chi connectivity index (χ2n) is 6.23. The van der Waals surface area contributed by atoms with Crippen molar-refractivity contribution in [2.24, 2.45) is 5.92 Å². The summed E-state index contributed by atoms with van der Waals surface area (Å²) < 4.78 is 6.52. The van der Waals surface area contributed by atoms with E-state index in [4.69, 9.17) is 9.72 Å². The molecule has 1 N–H and O–H groups in total. The van der Waals surface area contributed by atoms with Crippen LogP contribution >= 0.6 is 11.3 Å². The van der Waals surface area contributed by atoms with Gasteiger partial charge in [0.2, 0.25) is 5.91 Å². The number of carbonyl (C=O) groups is 1. The second kappa shape index (κ2) is 6.74. The fourth-order valence-corrected chi connectivity index (χ4v) is 3.98. The normalized spacial score (nSPS) is 16.1. The van der Waals surface area contributed by atoms with Gasteiger partial charge in [-0.3, -0.25) is 4.79 Å². The fraction of sp³-hybridized carbons (Fsp3) is 0.529. The summed E-state index contributed by atoms with van der Waals surface area (Å²) in [5.74, 6) is 1.12. The van der Waals surface area contributed by atoms with E-state index in [1.807, 2.05) is 26.0 Å². The number of ether oxygens (including phenoxy) is 1. The Morgan fingerprint density at radius 1 is 1.39 bits per heavy atom. The van der Waals surface area contributed by atoms with Gasteiger partial charge in [-0.15, -0.1) is 0 Å². The average molecular weight is 333 g/mol. The Morgan fingerprint density at radius 3 is 2.78 bits per heavy atom. The summed E-state index contributed by atoms with van der Waals surface area (Å²) in [4.78, 5) is 19.1. The number of nitrogens with one attached hydrogen (secondary N) is 1. The number of nitrogens with zero attached hydrogens (tertiary/aromatic N) is 2. The van der Waals surface area contributed by atoms with Gasteiger partial charge in [-0.05, 0) is 38.8 Å². The number of hydrogen-bond acceptors (Lipinski definition) is 5. The van der Waals surface area contributed by atoms with Crippen molar-refractivity contribution in [3.05, 3.63) is 18.2 Å². The van der Waals surface area contributed by atoms with Gasteiger partial charge in [-0.1, -0.05) is 17.4 Å². The molecule has 6 heteroatoms. The first-order valence-electron chi connectivity index (χ1n) is 8.07. The molecule has 0 spiro atoms. The summed E-state index contributed by atoms with van der Waals surface area (Å²) in [5.41, 5.74) is 0.926. The molecule has 0 unspecified atom stereocenters. The first-order valence-corrected chi connectivity index (χ1v) is 8.89. The van der Waals surface area contributed by atoms with Crippen molar-refractivity contribution in [1.29, 1.82) is 0 Å². The van der Waals surface area contributed by atoms with Gasteiger partial charge >= 0.3 is 0 Å². The lowest BCUT2D eigenvalue weighted by Crippen LogP contribution is -2.42. The van der Waals surface area contributed by atoms with E-state index in [9.17, 15) is 4.79 Å². The van der Waals surface area contributed by atoms with Gasteiger partial charge in [0.25, 0.3) is 0 Å². The van der Waals surface area contributed by atoms with Crippen LogP contribution in [0.3, 0.4) is 0 Å². The third-order valence-corrected chi connectivity index (χ3v) is 5.24. The monoisotopic (exact) mass is 333 g/mol. The van der Waals surface area contributed by atoms with Crippen molar-refractivity contribution >= 4 is 32.6 Å². The lowest BCUT2D eigenvalue weighted by Gasteiger charge is -2.31. The topological polar surface area (TPSA) is 54.5 Å². The first kappa shape index (κ1) is 16.1. The third-order valence-electron chi connectivity index (χ3n) is 4.16. The van der Waals surface area contributed by atoms with Crippen molar-refractivity contribution in [3.8, 4) is 5.75 Å². The van der Waals surface area contributed by atoms with E-state index in [0.717, 1.165) is 47.0 Å². The van der Waals surface area contributed by atoms with Crippen LogP contribution in [0.15, 0.2) is 18.2 Å². The van der Waals surface area contributed by atoms with Crippen LogP contribution in [0.2, 0.25) is 0 Å². The van der Waals surface area contributed by atoms with Gasteiger partial charge in [0.05, 0.1) is 11.8 Å². The van der Waals surface area contributed by atoms with Crippen molar-refractivity contribution in [2.75, 3.05) is 25.1 Å². The van der Waals surface area contributed by atoms with Crippen LogP contribution in [0, 0.1) is 5.92 Å². The Bertz CT molecular complexity index is 690. The highest BCUT2D eigenvalue weighted by atomic mass is 32.1. The van der Waals surface area contributed by atoms with E-state index in [1.165, 1.54) is 0 Å². The van der Waals surface area contributed by atoms with Crippen LogP contribution in [0.25, 0.3) is 10.2 Å². The molecule has 124 valence electrons. The number of hydrogen-bond donors (Lipinski definition) is 1. The van der Waals surface area contributed by atoms with Crippen molar-refractivity contribution in [3.63, 3.8) is 0 Å². The minimum atomic E-state index is 0.123. The van der Waals surface area contributed by atoms with Crippen LogP contribution in [0.4, 0.5) is 5.13 Å².